The Morgan fingerprint density at radius 3 is 3.05 bits per heavy atom. The zero-order chi connectivity index (χ0) is 16.2. The number of nitrogens with zero attached hydrogens (tertiary/aromatic N) is 3. The summed E-state index contributed by atoms with van der Waals surface area (Å²) in [5, 5.41) is 11.8. The lowest BCUT2D eigenvalue weighted by Crippen LogP contribution is -2.35. The number of aromatic nitrogens is 1. The molecule has 1 N–H and O–H groups in total. The Kier molecular flexibility index (Phi) is 5.00. The summed E-state index contributed by atoms with van der Waals surface area (Å²) in [7, 11) is 0. The Balaban J connectivity index is 1.96. The lowest BCUT2D eigenvalue weighted by atomic mass is 9.99. The molecule has 6 nitrogen and oxygen atoms in total. The molecule has 0 spiro atoms. The van der Waals surface area contributed by atoms with E-state index < -0.39 is 5.60 Å². The van der Waals surface area contributed by atoms with Gasteiger partial charge < -0.3 is 14.8 Å². The van der Waals surface area contributed by atoms with Crippen molar-refractivity contribution in [1.82, 2.24) is 9.88 Å². The minimum absolute atomic E-state index is 0.256. The van der Waals surface area contributed by atoms with Crippen LogP contribution < -0.4 is 0 Å². The second-order valence-corrected chi connectivity index (χ2v) is 6.57. The van der Waals surface area contributed by atoms with Crippen molar-refractivity contribution in [3.63, 3.8) is 0 Å². The lowest BCUT2D eigenvalue weighted by molar-refractivity contribution is 0.0288. The topological polar surface area (TPSA) is 75.0 Å². The van der Waals surface area contributed by atoms with E-state index >= 15 is 0 Å². The van der Waals surface area contributed by atoms with E-state index in [0.717, 1.165) is 24.1 Å². The highest BCUT2D eigenvalue weighted by Gasteiger charge is 2.30. The van der Waals surface area contributed by atoms with Gasteiger partial charge in [-0.2, -0.15) is 0 Å². The number of oxime groups is 1. The van der Waals surface area contributed by atoms with E-state index in [1.54, 1.807) is 11.1 Å². The van der Waals surface area contributed by atoms with Crippen molar-refractivity contribution in [3.8, 4) is 0 Å². The number of rotatable bonds is 3. The third kappa shape index (κ3) is 4.44. The van der Waals surface area contributed by atoms with Gasteiger partial charge in [0.2, 0.25) is 0 Å². The van der Waals surface area contributed by atoms with Crippen LogP contribution in [-0.4, -0.2) is 46.1 Å². The first-order chi connectivity index (χ1) is 10.4. The molecule has 22 heavy (non-hydrogen) atoms. The van der Waals surface area contributed by atoms with Gasteiger partial charge in [0, 0.05) is 30.5 Å². The Hall–Kier alpha value is -2.11. The van der Waals surface area contributed by atoms with Crippen LogP contribution in [0.25, 0.3) is 0 Å². The summed E-state index contributed by atoms with van der Waals surface area (Å²) in [6.07, 6.45) is 4.54. The molecule has 0 saturated carbocycles. The number of pyridine rings is 1. The molecule has 1 saturated heterocycles. The summed E-state index contributed by atoms with van der Waals surface area (Å²) in [6, 6.07) is 3.67. The fraction of sp³-hybridized carbons (Fsp3) is 0.562. The average molecular weight is 305 g/mol. The van der Waals surface area contributed by atoms with E-state index in [-0.39, 0.29) is 6.09 Å². The van der Waals surface area contributed by atoms with E-state index in [9.17, 15) is 4.79 Å². The van der Waals surface area contributed by atoms with Gasteiger partial charge in [0.25, 0.3) is 0 Å². The van der Waals surface area contributed by atoms with E-state index in [4.69, 9.17) is 9.94 Å². The minimum Gasteiger partial charge on any atom is -0.444 e. The van der Waals surface area contributed by atoms with Gasteiger partial charge >= 0.3 is 6.09 Å². The summed E-state index contributed by atoms with van der Waals surface area (Å²) < 4.78 is 5.40. The average Bonchev–Trinajstić information content (AvgIpc) is 2.88. The van der Waals surface area contributed by atoms with Crippen LogP contribution in [0, 0.1) is 5.92 Å². The van der Waals surface area contributed by atoms with Crippen LogP contribution in [-0.2, 0) is 11.2 Å². The summed E-state index contributed by atoms with van der Waals surface area (Å²) in [5.41, 5.74) is 1.22. The molecule has 0 aromatic carbocycles. The number of carbonyl (C=O) groups excluding carboxylic acids is 1. The molecule has 1 amide bonds. The van der Waals surface area contributed by atoms with Crippen LogP contribution in [0.1, 0.15) is 38.4 Å². The molecular weight excluding hydrogens is 282 g/mol. The maximum Gasteiger partial charge on any atom is 0.410 e. The maximum atomic E-state index is 12.1. The number of hydrogen-bond acceptors (Lipinski definition) is 5. The van der Waals surface area contributed by atoms with Gasteiger partial charge in [-0.25, -0.2) is 4.79 Å². The Bertz CT molecular complexity index is 552. The highest BCUT2D eigenvalue weighted by Crippen LogP contribution is 2.23. The number of amides is 1. The van der Waals surface area contributed by atoms with Gasteiger partial charge in [-0.3, -0.25) is 4.98 Å². The Labute approximate surface area is 130 Å². The number of ether oxygens (including phenoxy) is 1. The highest BCUT2D eigenvalue weighted by atomic mass is 16.6. The molecule has 1 fully saturated rings. The minimum atomic E-state index is -0.471. The van der Waals surface area contributed by atoms with Gasteiger partial charge in [-0.15, -0.1) is 0 Å². The van der Waals surface area contributed by atoms with Crippen LogP contribution in [0.3, 0.4) is 0 Å². The summed E-state index contributed by atoms with van der Waals surface area (Å²) in [6.45, 7) is 6.98. The molecule has 1 unspecified atom stereocenters. The number of hydrogen-bond donors (Lipinski definition) is 1. The molecule has 1 aliphatic rings. The van der Waals surface area contributed by atoms with Crippen molar-refractivity contribution in [2.45, 2.75) is 39.2 Å². The van der Waals surface area contributed by atoms with Crippen molar-refractivity contribution in [2.75, 3.05) is 13.1 Å². The monoisotopic (exact) mass is 305 g/mol. The molecule has 6 heteroatoms. The summed E-state index contributed by atoms with van der Waals surface area (Å²) in [5.74, 6) is 0.341. The van der Waals surface area contributed by atoms with E-state index in [1.165, 1.54) is 6.21 Å². The first kappa shape index (κ1) is 16.3. The smallest absolute Gasteiger partial charge is 0.410 e. The number of carbonyl (C=O) groups is 1. The molecule has 1 atom stereocenters. The predicted octanol–water partition coefficient (Wildman–Crippen LogP) is 2.69. The summed E-state index contributed by atoms with van der Waals surface area (Å²) >= 11 is 0. The van der Waals surface area contributed by atoms with Crippen molar-refractivity contribution in [2.24, 2.45) is 11.1 Å². The molecule has 0 radical (unpaired) electrons. The maximum absolute atomic E-state index is 12.1. The predicted molar refractivity (Wildman–Crippen MR) is 83.2 cm³/mol. The molecule has 0 aliphatic carbocycles. The van der Waals surface area contributed by atoms with Gasteiger partial charge in [0.1, 0.15) is 5.60 Å². The van der Waals surface area contributed by atoms with Crippen molar-refractivity contribution in [3.05, 3.63) is 29.6 Å². The normalized spacial score (nSPS) is 18.9. The van der Waals surface area contributed by atoms with Crippen molar-refractivity contribution in [1.29, 1.82) is 0 Å². The first-order valence-corrected chi connectivity index (χ1v) is 7.48. The molecular formula is C16H23N3O3. The van der Waals surface area contributed by atoms with Crippen LogP contribution in [0.5, 0.6) is 0 Å². The molecule has 2 heterocycles. The quantitative estimate of drug-likeness (QED) is 0.529. The Morgan fingerprint density at radius 2 is 2.36 bits per heavy atom. The van der Waals surface area contributed by atoms with Gasteiger partial charge in [-0.1, -0.05) is 5.16 Å². The SMILES string of the molecule is CC(C)(C)OC(=O)N1CCC(Cc2ncccc2/C=N/O)C1. The lowest BCUT2D eigenvalue weighted by Gasteiger charge is -2.24. The fourth-order valence-corrected chi connectivity index (χ4v) is 2.57. The molecule has 1 aromatic rings. The van der Waals surface area contributed by atoms with Crippen LogP contribution in [0.4, 0.5) is 4.79 Å². The first-order valence-electron chi connectivity index (χ1n) is 7.48. The standard InChI is InChI=1S/C16H23N3O3/c1-16(2,3)22-15(20)19-8-6-12(11-19)9-14-13(10-18-21)5-4-7-17-14/h4-5,7,10,12,21H,6,8-9,11H2,1-3H3/b18-10+. The largest absolute Gasteiger partial charge is 0.444 e. The fourth-order valence-electron chi connectivity index (χ4n) is 2.57. The highest BCUT2D eigenvalue weighted by molar-refractivity contribution is 5.80. The van der Waals surface area contributed by atoms with Crippen LogP contribution in [0.15, 0.2) is 23.5 Å². The molecule has 120 valence electrons. The second kappa shape index (κ2) is 6.77. The Morgan fingerprint density at radius 1 is 1.59 bits per heavy atom. The molecule has 2 rings (SSSR count). The van der Waals surface area contributed by atoms with Crippen LogP contribution in [0.2, 0.25) is 0 Å². The van der Waals surface area contributed by atoms with Gasteiger partial charge in [0.05, 0.1) is 6.21 Å². The zero-order valence-corrected chi connectivity index (χ0v) is 13.3. The van der Waals surface area contributed by atoms with Crippen LogP contribution >= 0.6 is 0 Å². The van der Waals surface area contributed by atoms with E-state index in [2.05, 4.69) is 10.1 Å². The van der Waals surface area contributed by atoms with E-state index in [1.807, 2.05) is 32.9 Å². The second-order valence-electron chi connectivity index (χ2n) is 6.57. The molecule has 0 bridgehead atoms. The third-order valence-corrected chi connectivity index (χ3v) is 3.54. The summed E-state index contributed by atoms with van der Waals surface area (Å²) in [4.78, 5) is 18.2. The molecule has 1 aromatic heterocycles. The van der Waals surface area contributed by atoms with Crippen molar-refractivity contribution >= 4 is 12.3 Å². The third-order valence-electron chi connectivity index (χ3n) is 3.54. The van der Waals surface area contributed by atoms with Gasteiger partial charge in [-0.05, 0) is 51.7 Å². The van der Waals surface area contributed by atoms with Gasteiger partial charge in [0.15, 0.2) is 0 Å². The zero-order valence-electron chi connectivity index (χ0n) is 13.3. The van der Waals surface area contributed by atoms with E-state index in [0.29, 0.717) is 19.0 Å². The van der Waals surface area contributed by atoms with Crippen molar-refractivity contribution < 1.29 is 14.7 Å². The number of likely N-dealkylation sites (tertiary alicyclic amines) is 1. The molecule has 1 aliphatic heterocycles.